The fourth-order valence-corrected chi connectivity index (χ4v) is 3.84. The van der Waals surface area contributed by atoms with Crippen LogP contribution in [0.3, 0.4) is 0 Å². The van der Waals surface area contributed by atoms with E-state index in [2.05, 4.69) is 24.4 Å². The second-order valence-corrected chi connectivity index (χ2v) is 9.05. The molecule has 1 fully saturated rings. The van der Waals surface area contributed by atoms with Crippen LogP contribution in [0, 0.1) is 0 Å². The molecule has 1 aliphatic rings. The first-order valence-corrected chi connectivity index (χ1v) is 11.0. The number of nitrogens with zero attached hydrogens (tertiary/aromatic N) is 2. The maximum atomic E-state index is 12.3. The fourth-order valence-electron chi connectivity index (χ4n) is 2.98. The molecule has 0 aromatic heterocycles. The van der Waals surface area contributed by atoms with E-state index in [4.69, 9.17) is 0 Å². The van der Waals surface area contributed by atoms with Crippen LogP contribution >= 0.6 is 0 Å². The standard InChI is InChI=1S/C19H29N3O3S/c1-15(2)16-10-12-18(13-11-16)22(26(3,24)25)14-19(23)21-20-17-8-6-4-5-7-9-17/h10-13,15H,4-9,14H2,1-3H3,(H,21,23). The Balaban J connectivity index is 2.07. The van der Waals surface area contributed by atoms with E-state index in [1.807, 2.05) is 12.1 Å². The molecule has 7 heteroatoms. The highest BCUT2D eigenvalue weighted by Crippen LogP contribution is 2.22. The lowest BCUT2D eigenvalue weighted by molar-refractivity contribution is -0.119. The van der Waals surface area contributed by atoms with E-state index in [-0.39, 0.29) is 6.54 Å². The molecular weight excluding hydrogens is 350 g/mol. The van der Waals surface area contributed by atoms with Gasteiger partial charge in [0.25, 0.3) is 5.91 Å². The number of sulfonamides is 1. The molecule has 0 bridgehead atoms. The van der Waals surface area contributed by atoms with Crippen LogP contribution < -0.4 is 9.73 Å². The summed E-state index contributed by atoms with van der Waals surface area (Å²) in [5, 5.41) is 4.20. The molecule has 2 rings (SSSR count). The number of hydrogen-bond acceptors (Lipinski definition) is 4. The Bertz CT molecular complexity index is 730. The summed E-state index contributed by atoms with van der Waals surface area (Å²) in [7, 11) is -3.57. The average Bonchev–Trinajstić information content (AvgIpc) is 2.86. The largest absolute Gasteiger partial charge is 0.271 e. The monoisotopic (exact) mass is 379 g/mol. The Morgan fingerprint density at radius 2 is 1.69 bits per heavy atom. The second-order valence-electron chi connectivity index (χ2n) is 7.14. The highest BCUT2D eigenvalue weighted by Gasteiger charge is 2.21. The van der Waals surface area contributed by atoms with Gasteiger partial charge in [0, 0.05) is 5.71 Å². The molecule has 1 amide bonds. The van der Waals surface area contributed by atoms with Crippen molar-refractivity contribution < 1.29 is 13.2 Å². The zero-order chi connectivity index (χ0) is 19.2. The van der Waals surface area contributed by atoms with Crippen molar-refractivity contribution in [3.05, 3.63) is 29.8 Å². The van der Waals surface area contributed by atoms with Gasteiger partial charge in [-0.3, -0.25) is 9.10 Å². The van der Waals surface area contributed by atoms with E-state index in [1.165, 1.54) is 12.8 Å². The van der Waals surface area contributed by atoms with E-state index in [0.717, 1.165) is 47.5 Å². The van der Waals surface area contributed by atoms with Crippen LogP contribution in [-0.4, -0.2) is 32.8 Å². The first kappa shape index (κ1) is 20.4. The molecule has 1 N–H and O–H groups in total. The predicted molar refractivity (Wildman–Crippen MR) is 106 cm³/mol. The third-order valence-corrected chi connectivity index (χ3v) is 5.70. The van der Waals surface area contributed by atoms with Gasteiger partial charge >= 0.3 is 0 Å². The van der Waals surface area contributed by atoms with E-state index in [1.54, 1.807) is 12.1 Å². The number of amides is 1. The van der Waals surface area contributed by atoms with Crippen LogP contribution in [-0.2, 0) is 14.8 Å². The van der Waals surface area contributed by atoms with Gasteiger partial charge in [-0.05, 0) is 49.3 Å². The summed E-state index contributed by atoms with van der Waals surface area (Å²) in [6.45, 7) is 3.86. The summed E-state index contributed by atoms with van der Waals surface area (Å²) in [5.41, 5.74) is 5.11. The Morgan fingerprint density at radius 1 is 1.12 bits per heavy atom. The predicted octanol–water partition coefficient (Wildman–Crippen LogP) is 3.40. The van der Waals surface area contributed by atoms with Crippen LogP contribution in [0.15, 0.2) is 29.4 Å². The Morgan fingerprint density at radius 3 is 2.19 bits per heavy atom. The van der Waals surface area contributed by atoms with Crippen molar-refractivity contribution in [3.63, 3.8) is 0 Å². The minimum atomic E-state index is -3.57. The lowest BCUT2D eigenvalue weighted by Gasteiger charge is -2.22. The molecule has 0 heterocycles. The number of hydrogen-bond donors (Lipinski definition) is 1. The summed E-state index contributed by atoms with van der Waals surface area (Å²) in [4.78, 5) is 12.3. The number of anilines is 1. The van der Waals surface area contributed by atoms with Crippen molar-refractivity contribution >= 4 is 27.3 Å². The molecule has 0 spiro atoms. The molecule has 144 valence electrons. The maximum absolute atomic E-state index is 12.3. The number of benzene rings is 1. The lowest BCUT2D eigenvalue weighted by Crippen LogP contribution is -2.39. The molecule has 0 atom stereocenters. The first-order chi connectivity index (χ1) is 12.3. The van der Waals surface area contributed by atoms with Crippen LogP contribution in [0.5, 0.6) is 0 Å². The van der Waals surface area contributed by atoms with Gasteiger partial charge in [0.1, 0.15) is 6.54 Å². The molecule has 1 aliphatic carbocycles. The van der Waals surface area contributed by atoms with Gasteiger partial charge in [-0.1, -0.05) is 38.8 Å². The van der Waals surface area contributed by atoms with Gasteiger partial charge in [0.2, 0.25) is 10.0 Å². The molecule has 1 aromatic rings. The minimum absolute atomic E-state index is 0.281. The molecule has 26 heavy (non-hydrogen) atoms. The number of carbonyl (C=O) groups is 1. The zero-order valence-corrected chi connectivity index (χ0v) is 16.7. The highest BCUT2D eigenvalue weighted by atomic mass is 32.2. The number of carbonyl (C=O) groups excluding carboxylic acids is 1. The van der Waals surface area contributed by atoms with Gasteiger partial charge in [-0.15, -0.1) is 0 Å². The second kappa shape index (κ2) is 9.16. The van der Waals surface area contributed by atoms with Crippen molar-refractivity contribution in [2.24, 2.45) is 5.10 Å². The van der Waals surface area contributed by atoms with Crippen molar-refractivity contribution in [1.29, 1.82) is 0 Å². The number of rotatable bonds is 6. The highest BCUT2D eigenvalue weighted by molar-refractivity contribution is 7.92. The first-order valence-electron chi connectivity index (χ1n) is 9.19. The molecule has 0 aliphatic heterocycles. The Kier molecular flexibility index (Phi) is 7.20. The molecule has 1 aromatic carbocycles. The molecule has 0 unspecified atom stereocenters. The number of nitrogens with one attached hydrogen (secondary N) is 1. The zero-order valence-electron chi connectivity index (χ0n) is 15.9. The van der Waals surface area contributed by atoms with Crippen LogP contribution in [0.4, 0.5) is 5.69 Å². The smallest absolute Gasteiger partial charge is 0.260 e. The number of hydrazone groups is 1. The third kappa shape index (κ3) is 6.12. The lowest BCUT2D eigenvalue weighted by atomic mass is 10.0. The summed E-state index contributed by atoms with van der Waals surface area (Å²) in [6.07, 6.45) is 7.47. The Hall–Kier alpha value is -1.89. The average molecular weight is 380 g/mol. The fraction of sp³-hybridized carbons (Fsp3) is 0.579. The molecule has 0 saturated heterocycles. The van der Waals surface area contributed by atoms with Crippen LogP contribution in [0.25, 0.3) is 0 Å². The Labute approximate surface area is 156 Å². The summed E-state index contributed by atoms with van der Waals surface area (Å²) in [5.74, 6) is -0.0745. The third-order valence-electron chi connectivity index (χ3n) is 4.55. The van der Waals surface area contributed by atoms with Gasteiger partial charge in [0.15, 0.2) is 0 Å². The quantitative estimate of drug-likeness (QED) is 0.608. The summed E-state index contributed by atoms with van der Waals surface area (Å²) < 4.78 is 25.4. The maximum Gasteiger partial charge on any atom is 0.260 e. The molecule has 6 nitrogen and oxygen atoms in total. The van der Waals surface area contributed by atoms with Crippen LogP contribution in [0.2, 0.25) is 0 Å². The normalized spacial score (nSPS) is 15.5. The SMILES string of the molecule is CC(C)c1ccc(N(CC(=O)NN=C2CCCCCC2)S(C)(=O)=O)cc1. The van der Waals surface area contributed by atoms with Crippen molar-refractivity contribution in [1.82, 2.24) is 5.43 Å². The molecule has 0 radical (unpaired) electrons. The van der Waals surface area contributed by atoms with Gasteiger partial charge in [-0.25, -0.2) is 13.8 Å². The minimum Gasteiger partial charge on any atom is -0.271 e. The van der Waals surface area contributed by atoms with E-state index >= 15 is 0 Å². The van der Waals surface area contributed by atoms with Gasteiger partial charge in [0.05, 0.1) is 11.9 Å². The van der Waals surface area contributed by atoms with Crippen molar-refractivity contribution in [3.8, 4) is 0 Å². The van der Waals surface area contributed by atoms with Gasteiger partial charge in [-0.2, -0.15) is 5.10 Å². The van der Waals surface area contributed by atoms with E-state index < -0.39 is 15.9 Å². The van der Waals surface area contributed by atoms with Gasteiger partial charge < -0.3 is 0 Å². The summed E-state index contributed by atoms with van der Waals surface area (Å²) >= 11 is 0. The van der Waals surface area contributed by atoms with E-state index in [0.29, 0.717) is 11.6 Å². The van der Waals surface area contributed by atoms with Crippen LogP contribution in [0.1, 0.15) is 63.9 Å². The topological polar surface area (TPSA) is 78.8 Å². The molecule has 1 saturated carbocycles. The van der Waals surface area contributed by atoms with Crippen molar-refractivity contribution in [2.75, 3.05) is 17.1 Å². The molecular formula is C19H29N3O3S. The van der Waals surface area contributed by atoms with Crippen molar-refractivity contribution in [2.45, 2.75) is 58.3 Å². The van der Waals surface area contributed by atoms with E-state index in [9.17, 15) is 13.2 Å². The summed E-state index contributed by atoms with van der Waals surface area (Å²) in [6, 6.07) is 7.26.